The van der Waals surface area contributed by atoms with Gasteiger partial charge >= 0.3 is 0 Å². The van der Waals surface area contributed by atoms with E-state index in [4.69, 9.17) is 4.74 Å². The van der Waals surface area contributed by atoms with Gasteiger partial charge in [-0.15, -0.1) is 0 Å². The molecule has 1 unspecified atom stereocenters. The van der Waals surface area contributed by atoms with Crippen molar-refractivity contribution in [1.82, 2.24) is 14.5 Å². The second-order valence-corrected chi connectivity index (χ2v) is 8.09. The van der Waals surface area contributed by atoms with E-state index in [9.17, 15) is 18.0 Å². The van der Waals surface area contributed by atoms with Crippen LogP contribution in [0.1, 0.15) is 23.2 Å². The van der Waals surface area contributed by atoms with Crippen LogP contribution >= 0.6 is 0 Å². The Balaban J connectivity index is 2.12. The van der Waals surface area contributed by atoms with Crippen molar-refractivity contribution in [3.63, 3.8) is 0 Å². The van der Waals surface area contributed by atoms with E-state index in [-0.39, 0.29) is 22.8 Å². The lowest BCUT2D eigenvalue weighted by Gasteiger charge is -2.30. The summed E-state index contributed by atoms with van der Waals surface area (Å²) >= 11 is 0. The number of amides is 2. The molecular weight excluding hydrogens is 358 g/mol. The minimum atomic E-state index is -3.78. The monoisotopic (exact) mass is 383 g/mol. The molecule has 1 aliphatic heterocycles. The van der Waals surface area contributed by atoms with Crippen molar-refractivity contribution < 1.29 is 22.7 Å². The van der Waals surface area contributed by atoms with Gasteiger partial charge in [-0.2, -0.15) is 0 Å². The van der Waals surface area contributed by atoms with Gasteiger partial charge in [0.15, 0.2) is 0 Å². The number of likely N-dealkylation sites (tertiary alicyclic amines) is 1. The van der Waals surface area contributed by atoms with E-state index in [2.05, 4.69) is 4.72 Å². The van der Waals surface area contributed by atoms with Gasteiger partial charge in [-0.3, -0.25) is 9.59 Å². The van der Waals surface area contributed by atoms with Crippen LogP contribution in [0.25, 0.3) is 0 Å². The molecular formula is C17H25N3O5S. The van der Waals surface area contributed by atoms with E-state index >= 15 is 0 Å². The van der Waals surface area contributed by atoms with E-state index in [1.54, 1.807) is 33.3 Å². The van der Waals surface area contributed by atoms with Crippen LogP contribution in [0.5, 0.6) is 0 Å². The largest absolute Gasteiger partial charge is 0.383 e. The van der Waals surface area contributed by atoms with Gasteiger partial charge in [0.1, 0.15) is 0 Å². The summed E-state index contributed by atoms with van der Waals surface area (Å²) in [4.78, 5) is 27.0. The molecule has 1 atom stereocenters. The lowest BCUT2D eigenvalue weighted by atomic mass is 10.1. The first kappa shape index (κ1) is 20.3. The van der Waals surface area contributed by atoms with E-state index in [0.717, 1.165) is 0 Å². The van der Waals surface area contributed by atoms with E-state index < -0.39 is 10.0 Å². The number of rotatable bonds is 7. The SMILES string of the molecule is COCCN(C)C(=O)c1cccc(S(=O)(=O)NC2CCC(=O)N(C)C2)c1. The Labute approximate surface area is 154 Å². The Morgan fingerprint density at radius 3 is 2.81 bits per heavy atom. The lowest BCUT2D eigenvalue weighted by molar-refractivity contribution is -0.132. The van der Waals surface area contributed by atoms with Crippen molar-refractivity contribution >= 4 is 21.8 Å². The standard InChI is InChI=1S/C17H25N3O5S/c1-19(9-10-25-3)17(22)13-5-4-6-15(11-13)26(23,24)18-14-7-8-16(21)20(2)12-14/h4-6,11,14,18H,7-10,12H2,1-3H3. The highest BCUT2D eigenvalue weighted by molar-refractivity contribution is 7.89. The summed E-state index contributed by atoms with van der Waals surface area (Å²) in [5.41, 5.74) is 0.294. The molecule has 1 heterocycles. The molecule has 1 aromatic carbocycles. The Hall–Kier alpha value is -1.97. The van der Waals surface area contributed by atoms with Crippen LogP contribution < -0.4 is 4.72 Å². The molecule has 1 N–H and O–H groups in total. The van der Waals surface area contributed by atoms with Crippen LogP contribution in [-0.2, 0) is 19.6 Å². The summed E-state index contributed by atoms with van der Waals surface area (Å²) in [7, 11) is 1.05. The van der Waals surface area contributed by atoms with Gasteiger partial charge in [-0.25, -0.2) is 13.1 Å². The first-order valence-corrected chi connectivity index (χ1v) is 9.83. The van der Waals surface area contributed by atoms with Gasteiger partial charge in [-0.1, -0.05) is 6.07 Å². The zero-order chi connectivity index (χ0) is 19.3. The topological polar surface area (TPSA) is 96.0 Å². The third-order valence-corrected chi connectivity index (χ3v) is 5.84. The number of benzene rings is 1. The van der Waals surface area contributed by atoms with Crippen molar-refractivity contribution in [2.24, 2.45) is 0 Å². The molecule has 26 heavy (non-hydrogen) atoms. The third kappa shape index (κ3) is 5.03. The number of methoxy groups -OCH3 is 1. The maximum Gasteiger partial charge on any atom is 0.253 e. The van der Waals surface area contributed by atoms with Gasteiger partial charge in [0.05, 0.1) is 11.5 Å². The molecule has 8 nitrogen and oxygen atoms in total. The maximum atomic E-state index is 12.6. The van der Waals surface area contributed by atoms with Crippen LogP contribution in [0.3, 0.4) is 0 Å². The molecule has 0 bridgehead atoms. The second kappa shape index (κ2) is 8.61. The number of hydrogen-bond acceptors (Lipinski definition) is 5. The predicted molar refractivity (Wildman–Crippen MR) is 96.3 cm³/mol. The quantitative estimate of drug-likeness (QED) is 0.731. The lowest BCUT2D eigenvalue weighted by Crippen LogP contribution is -2.48. The molecule has 1 fully saturated rings. The average Bonchev–Trinajstić information content (AvgIpc) is 2.62. The molecule has 0 spiro atoms. The van der Waals surface area contributed by atoms with Crippen molar-refractivity contribution in [2.75, 3.05) is 40.9 Å². The van der Waals surface area contributed by atoms with Crippen molar-refractivity contribution in [2.45, 2.75) is 23.8 Å². The van der Waals surface area contributed by atoms with E-state index in [1.807, 2.05) is 0 Å². The molecule has 144 valence electrons. The minimum absolute atomic E-state index is 0.00661. The number of hydrogen-bond donors (Lipinski definition) is 1. The fraction of sp³-hybridized carbons (Fsp3) is 0.529. The number of carbonyl (C=O) groups excluding carboxylic acids is 2. The van der Waals surface area contributed by atoms with E-state index in [0.29, 0.717) is 38.1 Å². The Kier molecular flexibility index (Phi) is 6.74. The number of carbonyl (C=O) groups is 2. The highest BCUT2D eigenvalue weighted by Crippen LogP contribution is 2.16. The maximum absolute atomic E-state index is 12.6. The summed E-state index contributed by atoms with van der Waals surface area (Å²) in [6.07, 6.45) is 0.771. The fourth-order valence-corrected chi connectivity index (χ4v) is 4.05. The first-order valence-electron chi connectivity index (χ1n) is 8.35. The third-order valence-electron chi connectivity index (χ3n) is 4.32. The van der Waals surface area contributed by atoms with Gasteiger partial charge in [0.2, 0.25) is 15.9 Å². The smallest absolute Gasteiger partial charge is 0.253 e. The van der Waals surface area contributed by atoms with Crippen LogP contribution in [0.15, 0.2) is 29.2 Å². The molecule has 1 aliphatic rings. The normalized spacial score (nSPS) is 18.0. The van der Waals surface area contributed by atoms with E-state index in [1.165, 1.54) is 21.9 Å². The van der Waals surface area contributed by atoms with Gasteiger partial charge in [0.25, 0.3) is 5.91 Å². The molecule has 0 aromatic heterocycles. The molecule has 0 radical (unpaired) electrons. The fourth-order valence-electron chi connectivity index (χ4n) is 2.74. The summed E-state index contributed by atoms with van der Waals surface area (Å²) in [6, 6.07) is 5.60. The molecule has 1 saturated heterocycles. The molecule has 0 saturated carbocycles. The van der Waals surface area contributed by atoms with Crippen molar-refractivity contribution in [3.05, 3.63) is 29.8 Å². The highest BCUT2D eigenvalue weighted by atomic mass is 32.2. The zero-order valence-corrected chi connectivity index (χ0v) is 16.1. The van der Waals surface area contributed by atoms with Crippen molar-refractivity contribution in [3.8, 4) is 0 Å². The predicted octanol–water partition coefficient (Wildman–Crippen LogP) is 0.304. The summed E-state index contributed by atoms with van der Waals surface area (Å²) < 4.78 is 32.9. The summed E-state index contributed by atoms with van der Waals surface area (Å²) in [6.45, 7) is 1.14. The number of piperidine rings is 1. The van der Waals surface area contributed by atoms with Crippen LogP contribution in [-0.4, -0.2) is 77.0 Å². The van der Waals surface area contributed by atoms with Gasteiger partial charge in [-0.05, 0) is 24.6 Å². The molecule has 0 aliphatic carbocycles. The van der Waals surface area contributed by atoms with Crippen LogP contribution in [0, 0.1) is 0 Å². The van der Waals surface area contributed by atoms with Crippen LogP contribution in [0.4, 0.5) is 0 Å². The Morgan fingerprint density at radius 2 is 2.15 bits per heavy atom. The number of sulfonamides is 1. The number of nitrogens with zero attached hydrogens (tertiary/aromatic N) is 2. The number of likely N-dealkylation sites (N-methyl/N-ethyl adjacent to an activating group) is 2. The molecule has 9 heteroatoms. The Morgan fingerprint density at radius 1 is 1.42 bits per heavy atom. The zero-order valence-electron chi connectivity index (χ0n) is 15.3. The molecule has 2 rings (SSSR count). The Bertz CT molecular complexity index is 765. The minimum Gasteiger partial charge on any atom is -0.383 e. The van der Waals surface area contributed by atoms with Gasteiger partial charge < -0.3 is 14.5 Å². The van der Waals surface area contributed by atoms with Crippen LogP contribution in [0.2, 0.25) is 0 Å². The first-order chi connectivity index (χ1) is 12.2. The average molecular weight is 383 g/mol. The second-order valence-electron chi connectivity index (χ2n) is 6.38. The van der Waals surface area contributed by atoms with Gasteiger partial charge in [0, 0.05) is 52.3 Å². The highest BCUT2D eigenvalue weighted by Gasteiger charge is 2.27. The number of nitrogens with one attached hydrogen (secondary N) is 1. The molecule has 2 amide bonds. The molecule has 1 aromatic rings. The summed E-state index contributed by atoms with van der Waals surface area (Å²) in [5, 5.41) is 0. The van der Waals surface area contributed by atoms with Crippen molar-refractivity contribution in [1.29, 1.82) is 0 Å². The number of ether oxygens (including phenoxy) is 1. The summed E-state index contributed by atoms with van der Waals surface area (Å²) in [5.74, 6) is -0.269.